The summed E-state index contributed by atoms with van der Waals surface area (Å²) in [6.07, 6.45) is 1.80. The quantitative estimate of drug-likeness (QED) is 0.174. The van der Waals surface area contributed by atoms with E-state index in [4.69, 9.17) is 33.5 Å². The van der Waals surface area contributed by atoms with Crippen molar-refractivity contribution < 1.29 is 9.53 Å². The van der Waals surface area contributed by atoms with Crippen LogP contribution in [0.4, 0.5) is 11.4 Å². The Hall–Kier alpha value is -4.66. The molecule has 0 radical (unpaired) electrons. The Balaban J connectivity index is 1.32. The number of hydrogen-bond acceptors (Lipinski definition) is 4. The molecule has 0 saturated carbocycles. The van der Waals surface area contributed by atoms with Gasteiger partial charge in [-0.3, -0.25) is 9.78 Å². The van der Waals surface area contributed by atoms with Crippen LogP contribution in [0.3, 0.4) is 0 Å². The fraction of sp³-hybridized carbons (Fsp3) is 0.171. The minimum Gasteiger partial charge on any atom is -0.484 e. The molecule has 1 fully saturated rings. The summed E-state index contributed by atoms with van der Waals surface area (Å²) in [4.78, 5) is 19.4. The van der Waals surface area contributed by atoms with E-state index in [1.807, 2.05) is 91.0 Å². The van der Waals surface area contributed by atoms with Gasteiger partial charge in [0.05, 0.1) is 17.8 Å². The third-order valence-electron chi connectivity index (χ3n) is 7.84. The second-order valence-corrected chi connectivity index (χ2v) is 11.6. The first-order valence-corrected chi connectivity index (χ1v) is 15.1. The second-order valence-electron chi connectivity index (χ2n) is 10.8. The first-order valence-electron chi connectivity index (χ1n) is 14.3. The zero-order chi connectivity index (χ0) is 30.8. The fourth-order valence-corrected chi connectivity index (χ4v) is 6.31. The number of amides is 1. The van der Waals surface area contributed by atoms with Gasteiger partial charge < -0.3 is 24.8 Å². The van der Waals surface area contributed by atoms with Gasteiger partial charge in [0, 0.05) is 39.7 Å². The molecule has 1 aliphatic heterocycles. The molecule has 0 bridgehead atoms. The van der Waals surface area contributed by atoms with Gasteiger partial charge in [0.25, 0.3) is 5.91 Å². The monoisotopic (exact) mass is 621 g/mol. The van der Waals surface area contributed by atoms with E-state index in [1.165, 1.54) is 0 Å². The maximum atomic E-state index is 12.6. The molecule has 1 amide bonds. The van der Waals surface area contributed by atoms with Crippen LogP contribution >= 0.6 is 23.8 Å². The fourth-order valence-electron chi connectivity index (χ4n) is 5.80. The van der Waals surface area contributed by atoms with Crippen molar-refractivity contribution >= 4 is 46.2 Å². The molecule has 3 heterocycles. The van der Waals surface area contributed by atoms with Crippen molar-refractivity contribution in [2.75, 3.05) is 16.8 Å². The van der Waals surface area contributed by atoms with E-state index in [0.29, 0.717) is 21.6 Å². The van der Waals surface area contributed by atoms with Crippen molar-refractivity contribution in [3.05, 3.63) is 136 Å². The van der Waals surface area contributed by atoms with E-state index in [0.717, 1.165) is 39.6 Å². The molecule has 1 saturated heterocycles. The number of carbonyl (C=O) groups excluding carboxylic acids is 1. The number of thiocarbonyl (C=S) groups is 1. The van der Waals surface area contributed by atoms with Crippen molar-refractivity contribution in [1.29, 1.82) is 0 Å². The third kappa shape index (κ3) is 5.91. The molecule has 2 atom stereocenters. The number of pyridine rings is 1. The van der Waals surface area contributed by atoms with Crippen molar-refractivity contribution in [2.24, 2.45) is 0 Å². The summed E-state index contributed by atoms with van der Waals surface area (Å²) in [6.45, 7) is 6.25. The Morgan fingerprint density at radius 3 is 2.45 bits per heavy atom. The van der Waals surface area contributed by atoms with Crippen molar-refractivity contribution in [3.63, 3.8) is 0 Å². The Bertz CT molecular complexity index is 1810. The van der Waals surface area contributed by atoms with E-state index in [-0.39, 0.29) is 24.6 Å². The summed E-state index contributed by atoms with van der Waals surface area (Å²) in [6, 6.07) is 30.7. The minimum absolute atomic E-state index is 0.0819. The van der Waals surface area contributed by atoms with E-state index in [2.05, 4.69) is 46.9 Å². The van der Waals surface area contributed by atoms with Crippen molar-refractivity contribution in [2.45, 2.75) is 32.9 Å². The maximum Gasteiger partial charge on any atom is 0.262 e. The van der Waals surface area contributed by atoms with E-state index < -0.39 is 0 Å². The number of nitrogens with zero attached hydrogens (tertiary/aromatic N) is 3. The number of benzene rings is 3. The number of aryl methyl sites for hydroxylation is 2. The number of para-hydroxylation sites is 1. The first kappa shape index (κ1) is 29.4. The Morgan fingerprint density at radius 1 is 0.977 bits per heavy atom. The van der Waals surface area contributed by atoms with Gasteiger partial charge in [-0.15, -0.1) is 0 Å². The van der Waals surface area contributed by atoms with Crippen LogP contribution in [0.25, 0.3) is 5.69 Å². The number of carbonyl (C=O) groups is 1. The van der Waals surface area contributed by atoms with Gasteiger partial charge in [-0.25, -0.2) is 0 Å². The average molecular weight is 622 g/mol. The molecule has 2 aromatic heterocycles. The van der Waals surface area contributed by atoms with Crippen LogP contribution in [0.2, 0.25) is 5.02 Å². The normalized spacial score (nSPS) is 16.1. The summed E-state index contributed by atoms with van der Waals surface area (Å²) in [5.41, 5.74) is 7.95. The third-order valence-corrected chi connectivity index (χ3v) is 8.39. The van der Waals surface area contributed by atoms with Gasteiger partial charge in [-0.05, 0) is 111 Å². The number of anilines is 2. The highest BCUT2D eigenvalue weighted by atomic mass is 35.5. The number of aromatic nitrogens is 2. The number of rotatable bonds is 8. The lowest BCUT2D eigenvalue weighted by molar-refractivity contribution is -0.118. The lowest BCUT2D eigenvalue weighted by atomic mass is 9.96. The number of nitrogens with one attached hydrogen (secondary N) is 2. The molecule has 2 unspecified atom stereocenters. The number of halogens is 1. The standard InChI is InChI=1S/C35H32ClN5O2S/c1-22-12-13-25(36)20-31(22)40-23(2)19-29(24(40)3)34-33(30-11-7-8-18-37-30)39-35(44)41(34)27-16-14-26(15-17-27)38-32(42)21-43-28-9-5-4-6-10-28/h4-20,33-34H,21H2,1-3H3,(H,38,42)(H,39,44). The number of hydrogen-bond donors (Lipinski definition) is 2. The van der Waals surface area contributed by atoms with E-state index >= 15 is 0 Å². The molecule has 0 spiro atoms. The number of ether oxygens (including phenoxy) is 1. The lowest BCUT2D eigenvalue weighted by Crippen LogP contribution is -2.29. The van der Waals surface area contributed by atoms with Crippen LogP contribution in [0.1, 0.15) is 40.3 Å². The van der Waals surface area contributed by atoms with Gasteiger partial charge >= 0.3 is 0 Å². The Morgan fingerprint density at radius 2 is 1.73 bits per heavy atom. The second kappa shape index (κ2) is 12.5. The summed E-state index contributed by atoms with van der Waals surface area (Å²) in [5.74, 6) is 0.406. The summed E-state index contributed by atoms with van der Waals surface area (Å²) < 4.78 is 7.84. The molecule has 0 aliphatic carbocycles. The summed E-state index contributed by atoms with van der Waals surface area (Å²) >= 11 is 12.4. The highest BCUT2D eigenvalue weighted by Gasteiger charge is 2.42. The molecule has 2 N–H and O–H groups in total. The van der Waals surface area contributed by atoms with Crippen LogP contribution in [0.5, 0.6) is 5.75 Å². The molecule has 5 aromatic rings. The SMILES string of the molecule is Cc1ccc(Cl)cc1-n1c(C)cc(C2C(c3ccccn3)NC(=S)N2c2ccc(NC(=O)COc3ccccc3)cc2)c1C. The molecule has 1 aliphatic rings. The summed E-state index contributed by atoms with van der Waals surface area (Å²) in [7, 11) is 0. The van der Waals surface area contributed by atoms with Gasteiger partial charge in [-0.1, -0.05) is 41.9 Å². The zero-order valence-electron chi connectivity index (χ0n) is 24.6. The lowest BCUT2D eigenvalue weighted by Gasteiger charge is -2.28. The van der Waals surface area contributed by atoms with Crippen LogP contribution < -0.4 is 20.3 Å². The summed E-state index contributed by atoms with van der Waals surface area (Å²) in [5, 5.41) is 7.74. The molecule has 44 heavy (non-hydrogen) atoms. The van der Waals surface area contributed by atoms with Crippen LogP contribution in [0.15, 0.2) is 103 Å². The zero-order valence-corrected chi connectivity index (χ0v) is 26.2. The first-order chi connectivity index (χ1) is 21.3. The highest BCUT2D eigenvalue weighted by Crippen LogP contribution is 2.44. The molecule has 6 rings (SSSR count). The molecule has 9 heteroatoms. The molecular weight excluding hydrogens is 590 g/mol. The predicted molar refractivity (Wildman–Crippen MR) is 180 cm³/mol. The van der Waals surface area contributed by atoms with Crippen LogP contribution in [0, 0.1) is 20.8 Å². The van der Waals surface area contributed by atoms with Gasteiger partial charge in [0.2, 0.25) is 0 Å². The highest BCUT2D eigenvalue weighted by molar-refractivity contribution is 7.80. The average Bonchev–Trinajstić information content (AvgIpc) is 3.53. The Kier molecular flexibility index (Phi) is 8.37. The van der Waals surface area contributed by atoms with Gasteiger partial charge in [-0.2, -0.15) is 0 Å². The largest absolute Gasteiger partial charge is 0.484 e. The smallest absolute Gasteiger partial charge is 0.262 e. The van der Waals surface area contributed by atoms with E-state index in [1.54, 1.807) is 6.20 Å². The van der Waals surface area contributed by atoms with Crippen molar-refractivity contribution in [3.8, 4) is 11.4 Å². The van der Waals surface area contributed by atoms with Crippen LogP contribution in [-0.4, -0.2) is 27.2 Å². The van der Waals surface area contributed by atoms with Gasteiger partial charge in [0.15, 0.2) is 11.7 Å². The molecule has 3 aromatic carbocycles. The van der Waals surface area contributed by atoms with Crippen LogP contribution in [-0.2, 0) is 4.79 Å². The Labute approximate surface area is 267 Å². The molecule has 222 valence electrons. The van der Waals surface area contributed by atoms with Gasteiger partial charge in [0.1, 0.15) is 5.75 Å². The van der Waals surface area contributed by atoms with Crippen molar-refractivity contribution in [1.82, 2.24) is 14.9 Å². The maximum absolute atomic E-state index is 12.6. The molecular formula is C35H32ClN5O2S. The minimum atomic E-state index is -0.239. The molecule has 7 nitrogen and oxygen atoms in total. The topological polar surface area (TPSA) is 71.4 Å². The predicted octanol–water partition coefficient (Wildman–Crippen LogP) is 7.65. The van der Waals surface area contributed by atoms with E-state index in [9.17, 15) is 4.79 Å².